The topological polar surface area (TPSA) is 137 Å². The zero-order chi connectivity index (χ0) is 23.5. The molecule has 2 amide bonds. The summed E-state index contributed by atoms with van der Waals surface area (Å²) in [5.74, 6) is -0.0735. The van der Waals surface area contributed by atoms with Gasteiger partial charge >= 0.3 is 12.0 Å². The highest BCUT2D eigenvalue weighted by atomic mass is 35.5. The van der Waals surface area contributed by atoms with Crippen molar-refractivity contribution in [1.29, 1.82) is 0 Å². The van der Waals surface area contributed by atoms with Crippen LogP contribution < -0.4 is 16.4 Å². The largest absolute Gasteiger partial charge is 0.431 e. The number of hydrogen-bond donors (Lipinski definition) is 3. The number of benzene rings is 1. The quantitative estimate of drug-likeness (QED) is 0.291. The fourth-order valence-corrected chi connectivity index (χ4v) is 3.50. The van der Waals surface area contributed by atoms with Crippen molar-refractivity contribution < 1.29 is 15.8 Å². The zero-order valence-corrected chi connectivity index (χ0v) is 18.1. The van der Waals surface area contributed by atoms with Crippen LogP contribution in [0.15, 0.2) is 61.8 Å². The van der Waals surface area contributed by atoms with Crippen LogP contribution in [0.5, 0.6) is 0 Å². The number of aryl methyl sites for hydroxylation is 1. The molecule has 0 atom stereocenters. The second kappa shape index (κ2) is 8.97. The number of esters is 1. The Labute approximate surface area is 194 Å². The fraction of sp³-hybridized carbons (Fsp3) is 0.0455. The van der Waals surface area contributed by atoms with Crippen LogP contribution in [0.3, 0.4) is 0 Å². The monoisotopic (exact) mass is 465 g/mol. The lowest BCUT2D eigenvalue weighted by Gasteiger charge is -2.11. The molecule has 0 radical (unpaired) electrons. The summed E-state index contributed by atoms with van der Waals surface area (Å²) in [6, 6.07) is 9.64. The van der Waals surface area contributed by atoms with Crippen LogP contribution in [0.1, 0.15) is 17.5 Å². The molecule has 3 heterocycles. The van der Waals surface area contributed by atoms with E-state index in [0.717, 1.165) is 12.0 Å². The van der Waals surface area contributed by atoms with Crippen molar-refractivity contribution in [2.45, 2.75) is 6.92 Å². The van der Waals surface area contributed by atoms with Crippen molar-refractivity contribution in [3.8, 4) is 11.1 Å². The van der Waals surface area contributed by atoms with Crippen molar-refractivity contribution in [1.82, 2.24) is 19.6 Å². The van der Waals surface area contributed by atoms with E-state index in [1.54, 1.807) is 30.3 Å². The van der Waals surface area contributed by atoms with E-state index in [0.29, 0.717) is 28.1 Å². The minimum absolute atomic E-state index is 0. The second-order valence-electron chi connectivity index (χ2n) is 6.87. The SMILES string of the molecule is C=COC(=O)c1cn2ncnc(N)c2c1-c1ccc(NC(=O)Nc2cccc(C)n2)c(Cl)c1.[HH]. The minimum Gasteiger partial charge on any atom is -0.431 e. The van der Waals surface area contributed by atoms with Gasteiger partial charge in [-0.2, -0.15) is 5.10 Å². The molecular formula is C22H20ClN7O3. The molecule has 0 bridgehead atoms. The summed E-state index contributed by atoms with van der Waals surface area (Å²) in [5, 5.41) is 9.66. The number of nitrogens with one attached hydrogen (secondary N) is 2. The Morgan fingerprint density at radius 3 is 2.82 bits per heavy atom. The summed E-state index contributed by atoms with van der Waals surface area (Å²) < 4.78 is 6.38. The number of halogens is 1. The summed E-state index contributed by atoms with van der Waals surface area (Å²) in [6.07, 6.45) is 3.79. The number of fused-ring (bicyclic) bond motifs is 1. The summed E-state index contributed by atoms with van der Waals surface area (Å²) in [6.45, 7) is 5.23. The van der Waals surface area contributed by atoms with Crippen LogP contribution in [-0.2, 0) is 4.74 Å². The van der Waals surface area contributed by atoms with Crippen molar-refractivity contribution in [3.05, 3.63) is 78.0 Å². The molecule has 0 saturated heterocycles. The maximum absolute atomic E-state index is 12.5. The molecule has 4 aromatic rings. The highest BCUT2D eigenvalue weighted by molar-refractivity contribution is 6.34. The lowest BCUT2D eigenvalue weighted by Crippen LogP contribution is -2.20. The molecule has 0 spiro atoms. The first kappa shape index (κ1) is 21.8. The fourth-order valence-electron chi connectivity index (χ4n) is 3.28. The first-order valence-corrected chi connectivity index (χ1v) is 10.0. The molecule has 11 heteroatoms. The Hall–Kier alpha value is -4.44. The number of carbonyl (C=O) groups excluding carboxylic acids is 2. The number of aromatic nitrogens is 4. The van der Waals surface area contributed by atoms with E-state index in [1.165, 1.54) is 17.0 Å². The van der Waals surface area contributed by atoms with Crippen molar-refractivity contribution in [3.63, 3.8) is 0 Å². The van der Waals surface area contributed by atoms with Gasteiger partial charge in [-0.1, -0.05) is 30.3 Å². The van der Waals surface area contributed by atoms with Gasteiger partial charge in [-0.3, -0.25) is 5.32 Å². The van der Waals surface area contributed by atoms with Crippen molar-refractivity contribution in [2.24, 2.45) is 0 Å². The molecule has 0 saturated carbocycles. The Kier molecular flexibility index (Phi) is 5.92. The highest BCUT2D eigenvalue weighted by Gasteiger charge is 2.23. The number of pyridine rings is 1. The predicted octanol–water partition coefficient (Wildman–Crippen LogP) is 4.53. The van der Waals surface area contributed by atoms with Crippen LogP contribution in [0.2, 0.25) is 5.02 Å². The Bertz CT molecular complexity index is 1410. The third-order valence-corrected chi connectivity index (χ3v) is 4.96. The van der Waals surface area contributed by atoms with Crippen molar-refractivity contribution >= 4 is 46.4 Å². The van der Waals surface area contributed by atoms with Gasteiger partial charge in [-0.05, 0) is 36.8 Å². The Morgan fingerprint density at radius 2 is 2.09 bits per heavy atom. The molecule has 0 fully saturated rings. The van der Waals surface area contributed by atoms with Crippen LogP contribution in [0.4, 0.5) is 22.1 Å². The van der Waals surface area contributed by atoms with Gasteiger partial charge in [0.2, 0.25) is 0 Å². The molecule has 4 N–H and O–H groups in total. The van der Waals surface area contributed by atoms with Crippen LogP contribution in [-0.4, -0.2) is 31.6 Å². The highest BCUT2D eigenvalue weighted by Crippen LogP contribution is 2.36. The number of anilines is 3. The molecule has 33 heavy (non-hydrogen) atoms. The molecule has 3 aromatic heterocycles. The van der Waals surface area contributed by atoms with Gasteiger partial charge in [-0.15, -0.1) is 0 Å². The van der Waals surface area contributed by atoms with Gasteiger partial charge in [0.05, 0.1) is 22.5 Å². The van der Waals surface area contributed by atoms with Gasteiger partial charge in [0, 0.05) is 18.9 Å². The minimum atomic E-state index is -0.645. The molecule has 10 nitrogen and oxygen atoms in total. The normalized spacial score (nSPS) is 10.6. The zero-order valence-electron chi connectivity index (χ0n) is 17.4. The lowest BCUT2D eigenvalue weighted by atomic mass is 10.0. The molecule has 0 unspecified atom stereocenters. The standard InChI is InChI=1S/C22H18ClN7O3.H2/c1-3-33-21(31)14-10-30-19(20(24)25-11-26-30)18(14)13-7-8-16(15(23)9-13)28-22(32)29-17-6-4-5-12(2)27-17;/h3-11H,1H2,2H3,(H2,24,25,26)(H2,27,28,29,32);1H. The number of rotatable bonds is 5. The third kappa shape index (κ3) is 4.46. The average molecular weight is 466 g/mol. The number of nitrogen functional groups attached to an aromatic ring is 1. The number of nitrogens with two attached hydrogens (primary N) is 1. The van der Waals surface area contributed by atoms with E-state index >= 15 is 0 Å². The summed E-state index contributed by atoms with van der Waals surface area (Å²) in [5.41, 5.74) is 8.76. The summed E-state index contributed by atoms with van der Waals surface area (Å²) in [7, 11) is 0. The number of nitrogens with zero attached hydrogens (tertiary/aromatic N) is 4. The summed E-state index contributed by atoms with van der Waals surface area (Å²) >= 11 is 6.44. The number of hydrogen-bond acceptors (Lipinski definition) is 7. The van der Waals surface area contributed by atoms with E-state index < -0.39 is 12.0 Å². The second-order valence-corrected chi connectivity index (χ2v) is 7.27. The van der Waals surface area contributed by atoms with Gasteiger partial charge in [-0.25, -0.2) is 24.1 Å². The molecule has 0 aliphatic carbocycles. The average Bonchev–Trinajstić information content (AvgIpc) is 3.16. The number of amides is 2. The van der Waals surface area contributed by atoms with Gasteiger partial charge in [0.25, 0.3) is 0 Å². The number of carbonyl (C=O) groups is 2. The van der Waals surface area contributed by atoms with Crippen LogP contribution in [0.25, 0.3) is 16.6 Å². The molecule has 0 aliphatic heterocycles. The Balaban J connectivity index is 0.00000324. The van der Waals surface area contributed by atoms with Crippen LogP contribution in [0, 0.1) is 6.92 Å². The van der Waals surface area contributed by atoms with E-state index in [4.69, 9.17) is 22.1 Å². The maximum atomic E-state index is 12.5. The Morgan fingerprint density at radius 1 is 1.27 bits per heavy atom. The predicted molar refractivity (Wildman–Crippen MR) is 127 cm³/mol. The maximum Gasteiger partial charge on any atom is 0.345 e. The van der Waals surface area contributed by atoms with Gasteiger partial charge in [0.1, 0.15) is 17.7 Å². The molecule has 4 rings (SSSR count). The molecule has 1 aromatic carbocycles. The van der Waals surface area contributed by atoms with E-state index in [-0.39, 0.29) is 17.8 Å². The summed E-state index contributed by atoms with van der Waals surface area (Å²) in [4.78, 5) is 33.1. The smallest absolute Gasteiger partial charge is 0.345 e. The first-order chi connectivity index (χ1) is 15.9. The third-order valence-electron chi connectivity index (χ3n) is 4.65. The van der Waals surface area contributed by atoms with Crippen molar-refractivity contribution in [2.75, 3.05) is 16.4 Å². The number of ether oxygens (including phenoxy) is 1. The van der Waals surface area contributed by atoms with Crippen LogP contribution >= 0.6 is 11.6 Å². The van der Waals surface area contributed by atoms with Gasteiger partial charge < -0.3 is 15.8 Å². The van der Waals surface area contributed by atoms with E-state index in [1.807, 2.05) is 13.0 Å². The van der Waals surface area contributed by atoms with E-state index in [9.17, 15) is 9.59 Å². The van der Waals surface area contributed by atoms with E-state index in [2.05, 4.69) is 32.3 Å². The first-order valence-electron chi connectivity index (χ1n) is 9.62. The van der Waals surface area contributed by atoms with Gasteiger partial charge in [0.15, 0.2) is 5.82 Å². The molecule has 168 valence electrons. The number of urea groups is 1. The lowest BCUT2D eigenvalue weighted by molar-refractivity contribution is 0.0665. The molecule has 0 aliphatic rings. The molecular weight excluding hydrogens is 446 g/mol.